The molecule has 2 aromatic rings. The van der Waals surface area contributed by atoms with Crippen LogP contribution in [0.25, 0.3) is 0 Å². The number of halogens is 2. The van der Waals surface area contributed by atoms with Crippen molar-refractivity contribution in [2.24, 2.45) is 0 Å². The Morgan fingerprint density at radius 1 is 1.26 bits per heavy atom. The Labute approximate surface area is 164 Å². The number of imide groups is 1. The normalized spacial score (nSPS) is 20.5. The van der Waals surface area contributed by atoms with Crippen molar-refractivity contribution in [1.82, 2.24) is 10.2 Å². The first kappa shape index (κ1) is 19.3. The van der Waals surface area contributed by atoms with Crippen molar-refractivity contribution < 1.29 is 23.8 Å². The smallest absolute Gasteiger partial charge is 0.325 e. The van der Waals surface area contributed by atoms with Gasteiger partial charge in [0.2, 0.25) is 0 Å². The summed E-state index contributed by atoms with van der Waals surface area (Å²) in [5.41, 5.74) is -0.847. The van der Waals surface area contributed by atoms with Gasteiger partial charge >= 0.3 is 6.03 Å². The lowest BCUT2D eigenvalue weighted by molar-refractivity contribution is -0.132. The lowest BCUT2D eigenvalue weighted by Crippen LogP contribution is -2.42. The summed E-state index contributed by atoms with van der Waals surface area (Å²) in [6, 6.07) is 11.8. The van der Waals surface area contributed by atoms with Gasteiger partial charge in [0.05, 0.1) is 6.54 Å². The lowest BCUT2D eigenvalue weighted by Gasteiger charge is -2.23. The van der Waals surface area contributed by atoms with Gasteiger partial charge < -0.3 is 15.2 Å². The van der Waals surface area contributed by atoms with E-state index in [9.17, 15) is 19.1 Å². The fourth-order valence-electron chi connectivity index (χ4n) is 2.85. The van der Waals surface area contributed by atoms with Crippen LogP contribution in [0.1, 0.15) is 12.5 Å². The molecule has 3 amide bonds. The van der Waals surface area contributed by atoms with Gasteiger partial charge in [0.25, 0.3) is 5.91 Å². The zero-order valence-electron chi connectivity index (χ0n) is 14.5. The van der Waals surface area contributed by atoms with Gasteiger partial charge in [-0.1, -0.05) is 34.1 Å². The molecule has 2 N–H and O–H groups in total. The summed E-state index contributed by atoms with van der Waals surface area (Å²) in [5, 5.41) is 12.8. The molecule has 0 aliphatic carbocycles. The van der Waals surface area contributed by atoms with Crippen molar-refractivity contribution in [3.63, 3.8) is 0 Å². The molecular formula is C19H18BrFN2O4. The Morgan fingerprint density at radius 2 is 1.96 bits per heavy atom. The number of amides is 3. The van der Waals surface area contributed by atoms with Gasteiger partial charge in [-0.3, -0.25) is 9.69 Å². The lowest BCUT2D eigenvalue weighted by atomic mass is 9.92. The number of urea groups is 1. The minimum atomic E-state index is -1.31. The minimum absolute atomic E-state index is 0.0826. The van der Waals surface area contributed by atoms with E-state index in [1.807, 2.05) is 6.07 Å². The van der Waals surface area contributed by atoms with Crippen molar-refractivity contribution in [3.05, 3.63) is 64.4 Å². The number of benzene rings is 2. The van der Waals surface area contributed by atoms with E-state index in [0.29, 0.717) is 11.3 Å². The third-order valence-corrected chi connectivity index (χ3v) is 4.82. The van der Waals surface area contributed by atoms with Crippen molar-refractivity contribution in [3.8, 4) is 5.75 Å². The van der Waals surface area contributed by atoms with Crippen LogP contribution in [0.4, 0.5) is 9.18 Å². The van der Waals surface area contributed by atoms with Crippen LogP contribution in [0.2, 0.25) is 0 Å². The molecule has 0 radical (unpaired) electrons. The average Bonchev–Trinajstić information content (AvgIpc) is 2.85. The summed E-state index contributed by atoms with van der Waals surface area (Å²) < 4.78 is 19.5. The Bertz CT molecular complexity index is 861. The molecule has 3 rings (SSSR count). The molecule has 0 bridgehead atoms. The number of aliphatic hydroxyl groups is 1. The zero-order chi connectivity index (χ0) is 19.6. The summed E-state index contributed by atoms with van der Waals surface area (Å²) in [5.74, 6) is -0.395. The third-order valence-electron chi connectivity index (χ3n) is 4.33. The van der Waals surface area contributed by atoms with Crippen molar-refractivity contribution >= 4 is 27.9 Å². The number of carbonyl (C=O) groups excluding carboxylic acids is 2. The number of hydrogen-bond acceptors (Lipinski definition) is 4. The molecule has 1 saturated heterocycles. The first-order valence-electron chi connectivity index (χ1n) is 8.26. The van der Waals surface area contributed by atoms with Crippen LogP contribution in [0, 0.1) is 5.82 Å². The molecule has 2 atom stereocenters. The second-order valence-electron chi connectivity index (χ2n) is 6.40. The molecule has 0 spiro atoms. The Kier molecular flexibility index (Phi) is 5.48. The molecule has 2 aromatic carbocycles. The molecule has 1 heterocycles. The number of ether oxygens (including phenoxy) is 1. The summed E-state index contributed by atoms with van der Waals surface area (Å²) in [4.78, 5) is 26.0. The van der Waals surface area contributed by atoms with Gasteiger partial charge in [-0.25, -0.2) is 9.18 Å². The summed E-state index contributed by atoms with van der Waals surface area (Å²) in [6.45, 7) is 1.25. The molecule has 0 saturated carbocycles. The van der Waals surface area contributed by atoms with Gasteiger partial charge in [0.1, 0.15) is 29.8 Å². The maximum Gasteiger partial charge on any atom is 0.325 e. The number of rotatable bonds is 6. The van der Waals surface area contributed by atoms with E-state index in [1.54, 1.807) is 25.1 Å². The van der Waals surface area contributed by atoms with E-state index >= 15 is 0 Å². The van der Waals surface area contributed by atoms with Gasteiger partial charge in [-0.2, -0.15) is 0 Å². The largest absolute Gasteiger partial charge is 0.491 e. The first-order valence-corrected chi connectivity index (χ1v) is 9.05. The van der Waals surface area contributed by atoms with E-state index in [4.69, 9.17) is 4.74 Å². The summed E-state index contributed by atoms with van der Waals surface area (Å²) in [6.07, 6.45) is -1.06. The topological polar surface area (TPSA) is 78.9 Å². The number of nitrogens with one attached hydrogen (secondary N) is 1. The fourth-order valence-corrected chi connectivity index (χ4v) is 3.23. The Hall–Kier alpha value is -2.45. The van der Waals surface area contributed by atoms with Crippen LogP contribution in [-0.4, -0.2) is 41.2 Å². The average molecular weight is 437 g/mol. The molecule has 8 heteroatoms. The summed E-state index contributed by atoms with van der Waals surface area (Å²) in [7, 11) is 0. The second kappa shape index (κ2) is 7.66. The second-order valence-corrected chi connectivity index (χ2v) is 7.32. The molecule has 6 nitrogen and oxygen atoms in total. The highest BCUT2D eigenvalue weighted by atomic mass is 79.9. The Balaban J connectivity index is 1.65. The van der Waals surface area contributed by atoms with Crippen molar-refractivity contribution in [1.29, 1.82) is 0 Å². The molecule has 27 heavy (non-hydrogen) atoms. The number of carbonyl (C=O) groups is 2. The molecule has 0 unspecified atom stereocenters. The SMILES string of the molecule is C[C@@]1(c2ccc(F)cc2)NC(=O)N(C[C@@H](O)COc2cccc(Br)c2)C1=O. The first-order chi connectivity index (χ1) is 12.8. The highest BCUT2D eigenvalue weighted by molar-refractivity contribution is 9.10. The van der Waals surface area contributed by atoms with Crippen LogP contribution in [0.5, 0.6) is 5.75 Å². The van der Waals surface area contributed by atoms with Crippen LogP contribution in [0.15, 0.2) is 53.0 Å². The quantitative estimate of drug-likeness (QED) is 0.682. The monoisotopic (exact) mass is 436 g/mol. The van der Waals surface area contributed by atoms with Crippen LogP contribution in [-0.2, 0) is 10.3 Å². The number of hydrogen-bond donors (Lipinski definition) is 2. The number of β-amino-alcohol motifs (C(OH)–C–C–N with tert-alkyl or cyclic N) is 1. The standard InChI is InChI=1S/C19H18BrFN2O4/c1-19(12-5-7-14(21)8-6-12)17(25)23(18(26)22-19)10-15(24)11-27-16-4-2-3-13(20)9-16/h2-9,15,24H,10-11H2,1H3,(H,22,26)/t15-,19+/m1/s1. The van der Waals surface area contributed by atoms with E-state index in [-0.39, 0.29) is 13.2 Å². The van der Waals surface area contributed by atoms with Crippen LogP contribution < -0.4 is 10.1 Å². The molecule has 1 aliphatic rings. The third kappa shape index (κ3) is 4.12. The maximum atomic E-state index is 13.1. The molecule has 1 fully saturated rings. The molecule has 142 valence electrons. The predicted octanol–water partition coefficient (Wildman–Crippen LogP) is 2.80. The van der Waals surface area contributed by atoms with Gasteiger partial charge in [0, 0.05) is 4.47 Å². The van der Waals surface area contributed by atoms with Crippen LogP contribution in [0.3, 0.4) is 0 Å². The molecule has 1 aliphatic heterocycles. The zero-order valence-corrected chi connectivity index (χ0v) is 16.1. The maximum absolute atomic E-state index is 13.1. The summed E-state index contributed by atoms with van der Waals surface area (Å²) >= 11 is 3.32. The molecule has 0 aromatic heterocycles. The minimum Gasteiger partial charge on any atom is -0.491 e. The highest BCUT2D eigenvalue weighted by Crippen LogP contribution is 2.29. The number of aliphatic hydroxyl groups excluding tert-OH is 1. The van der Waals surface area contributed by atoms with E-state index in [2.05, 4.69) is 21.2 Å². The van der Waals surface area contributed by atoms with Gasteiger partial charge in [-0.15, -0.1) is 0 Å². The molecular weight excluding hydrogens is 419 g/mol. The highest BCUT2D eigenvalue weighted by Gasteiger charge is 2.49. The van der Waals surface area contributed by atoms with Gasteiger partial charge in [0.15, 0.2) is 0 Å². The predicted molar refractivity (Wildman–Crippen MR) is 99.6 cm³/mol. The van der Waals surface area contributed by atoms with Crippen molar-refractivity contribution in [2.45, 2.75) is 18.6 Å². The number of nitrogens with zero attached hydrogens (tertiary/aromatic N) is 1. The Morgan fingerprint density at radius 3 is 2.63 bits per heavy atom. The van der Waals surface area contributed by atoms with E-state index in [0.717, 1.165) is 9.37 Å². The van der Waals surface area contributed by atoms with E-state index in [1.165, 1.54) is 24.3 Å². The van der Waals surface area contributed by atoms with E-state index < -0.39 is 29.4 Å². The fraction of sp³-hybridized carbons (Fsp3) is 0.263. The van der Waals surface area contributed by atoms with Gasteiger partial charge in [-0.05, 0) is 42.8 Å². The van der Waals surface area contributed by atoms with Crippen LogP contribution >= 0.6 is 15.9 Å². The van der Waals surface area contributed by atoms with Crippen molar-refractivity contribution in [2.75, 3.05) is 13.2 Å².